The summed E-state index contributed by atoms with van der Waals surface area (Å²) in [5, 5.41) is 2.62. The van der Waals surface area contributed by atoms with Crippen molar-refractivity contribution in [3.05, 3.63) is 60.7 Å². The highest BCUT2D eigenvalue weighted by Gasteiger charge is 2.36. The maximum atomic E-state index is 6.84. The third kappa shape index (κ3) is 2.84. The van der Waals surface area contributed by atoms with Crippen LogP contribution in [-0.4, -0.2) is 13.7 Å². The Bertz CT molecular complexity index is 427. The highest BCUT2D eigenvalue weighted by Crippen LogP contribution is 2.51. The molecule has 90 valence electrons. The standard InChI is InChI=1S/C16H19BP/c1-2-3-14-18(17,15-10-6-4-7-11-15)16-12-8-5-9-13-16/h4-13H,2-3,14H2,1H3/q+1. The molecule has 0 atom stereocenters. The van der Waals surface area contributed by atoms with Crippen LogP contribution >= 0.6 is 7.14 Å². The summed E-state index contributed by atoms with van der Waals surface area (Å²) in [5.74, 6) is 0. The topological polar surface area (TPSA) is 0 Å². The third-order valence-corrected chi connectivity index (χ3v) is 6.76. The lowest BCUT2D eigenvalue weighted by Crippen LogP contribution is -2.24. The Morgan fingerprint density at radius 1 is 0.833 bits per heavy atom. The van der Waals surface area contributed by atoms with Gasteiger partial charge >= 0.3 is 7.57 Å². The molecule has 2 rings (SSSR count). The van der Waals surface area contributed by atoms with E-state index in [1.54, 1.807) is 0 Å². The van der Waals surface area contributed by atoms with Gasteiger partial charge in [0.15, 0.2) is 0 Å². The van der Waals surface area contributed by atoms with E-state index in [0.717, 1.165) is 6.16 Å². The van der Waals surface area contributed by atoms with Gasteiger partial charge in [0.2, 0.25) is 0 Å². The Balaban J connectivity index is 2.41. The third-order valence-electron chi connectivity index (χ3n) is 3.30. The van der Waals surface area contributed by atoms with Gasteiger partial charge in [0, 0.05) is 7.14 Å². The van der Waals surface area contributed by atoms with Gasteiger partial charge in [-0.25, -0.2) is 0 Å². The SMILES string of the molecule is [B][P+](CCCC)(c1ccccc1)c1ccccc1. The van der Waals surface area contributed by atoms with Crippen LogP contribution in [0.15, 0.2) is 60.7 Å². The second-order valence-corrected chi connectivity index (χ2v) is 7.83. The van der Waals surface area contributed by atoms with Crippen LogP contribution in [0.3, 0.4) is 0 Å². The number of rotatable bonds is 5. The predicted octanol–water partition coefficient (Wildman–Crippen LogP) is 3.54. The molecule has 0 aliphatic carbocycles. The molecule has 0 nitrogen and oxygen atoms in total. The average Bonchev–Trinajstić information content (AvgIpc) is 2.46. The van der Waals surface area contributed by atoms with Crippen LogP contribution in [0.1, 0.15) is 19.8 Å². The first-order valence-electron chi connectivity index (χ1n) is 6.55. The van der Waals surface area contributed by atoms with Crippen molar-refractivity contribution in [2.45, 2.75) is 19.8 Å². The molecule has 0 amide bonds. The molecule has 2 aromatic carbocycles. The lowest BCUT2D eigenvalue weighted by molar-refractivity contribution is 0.893. The van der Waals surface area contributed by atoms with Crippen LogP contribution in [-0.2, 0) is 0 Å². The second kappa shape index (κ2) is 6.20. The Kier molecular flexibility index (Phi) is 4.61. The number of hydrogen-bond donors (Lipinski definition) is 0. The number of unbranched alkanes of at least 4 members (excludes halogenated alkanes) is 1. The van der Waals surface area contributed by atoms with E-state index in [4.69, 9.17) is 7.57 Å². The minimum absolute atomic E-state index is 1.09. The highest BCUT2D eigenvalue weighted by molar-refractivity contribution is 8.08. The summed E-state index contributed by atoms with van der Waals surface area (Å²) < 4.78 is 0. The fourth-order valence-corrected chi connectivity index (χ4v) is 5.24. The van der Waals surface area contributed by atoms with E-state index in [1.165, 1.54) is 23.5 Å². The Labute approximate surface area is 112 Å². The van der Waals surface area contributed by atoms with Gasteiger partial charge in [-0.15, -0.1) is 0 Å². The lowest BCUT2D eigenvalue weighted by Gasteiger charge is -2.23. The van der Waals surface area contributed by atoms with Crippen molar-refractivity contribution in [1.29, 1.82) is 0 Å². The zero-order valence-electron chi connectivity index (χ0n) is 10.9. The molecular weight excluding hydrogens is 234 g/mol. The molecule has 0 heterocycles. The van der Waals surface area contributed by atoms with Gasteiger partial charge in [-0.2, -0.15) is 0 Å². The fraction of sp³-hybridized carbons (Fsp3) is 0.250. The van der Waals surface area contributed by atoms with Crippen LogP contribution < -0.4 is 10.6 Å². The van der Waals surface area contributed by atoms with E-state index in [9.17, 15) is 0 Å². The largest absolute Gasteiger partial charge is 0.377 e. The normalized spacial score (nSPS) is 11.4. The van der Waals surface area contributed by atoms with E-state index in [0.29, 0.717) is 0 Å². The summed E-state index contributed by atoms with van der Waals surface area (Å²) >= 11 is 0. The molecule has 0 saturated heterocycles. The maximum Gasteiger partial charge on any atom is 0.377 e. The monoisotopic (exact) mass is 253 g/mol. The minimum atomic E-state index is -1.69. The van der Waals surface area contributed by atoms with E-state index in [2.05, 4.69) is 67.6 Å². The zero-order valence-corrected chi connectivity index (χ0v) is 11.8. The molecule has 0 aliphatic rings. The van der Waals surface area contributed by atoms with E-state index in [-0.39, 0.29) is 0 Å². The molecule has 0 unspecified atom stereocenters. The smallest absolute Gasteiger partial charge is 0.0652 e. The Morgan fingerprint density at radius 3 is 1.67 bits per heavy atom. The number of benzene rings is 2. The molecule has 0 aromatic heterocycles. The molecule has 18 heavy (non-hydrogen) atoms. The van der Waals surface area contributed by atoms with Crippen molar-refractivity contribution in [2.75, 3.05) is 6.16 Å². The van der Waals surface area contributed by atoms with Gasteiger partial charge in [0.25, 0.3) is 0 Å². The van der Waals surface area contributed by atoms with E-state index >= 15 is 0 Å². The summed E-state index contributed by atoms with van der Waals surface area (Å²) in [6.07, 6.45) is 3.48. The van der Waals surface area contributed by atoms with Crippen molar-refractivity contribution in [1.82, 2.24) is 0 Å². The second-order valence-electron chi connectivity index (χ2n) is 4.62. The van der Waals surface area contributed by atoms with Gasteiger partial charge < -0.3 is 0 Å². The Hall–Kier alpha value is -1.07. The van der Waals surface area contributed by atoms with Crippen molar-refractivity contribution < 1.29 is 0 Å². The van der Waals surface area contributed by atoms with Gasteiger partial charge in [0.05, 0.1) is 16.8 Å². The predicted molar refractivity (Wildman–Crippen MR) is 84.6 cm³/mol. The molecule has 0 N–H and O–H groups in total. The Morgan fingerprint density at radius 2 is 1.28 bits per heavy atom. The van der Waals surface area contributed by atoms with Crippen molar-refractivity contribution in [2.24, 2.45) is 0 Å². The van der Waals surface area contributed by atoms with Crippen LogP contribution in [0.25, 0.3) is 0 Å². The van der Waals surface area contributed by atoms with Crippen LogP contribution in [0, 0.1) is 0 Å². The molecule has 2 aromatic rings. The van der Waals surface area contributed by atoms with Crippen LogP contribution in [0.5, 0.6) is 0 Å². The maximum absolute atomic E-state index is 6.84. The summed E-state index contributed by atoms with van der Waals surface area (Å²) in [4.78, 5) is 0. The van der Waals surface area contributed by atoms with Gasteiger partial charge in [0.1, 0.15) is 0 Å². The van der Waals surface area contributed by atoms with Crippen molar-refractivity contribution >= 4 is 25.3 Å². The first-order valence-corrected chi connectivity index (χ1v) is 8.59. The lowest BCUT2D eigenvalue weighted by atomic mass is 10.4. The summed E-state index contributed by atoms with van der Waals surface area (Å²) in [7, 11) is 5.15. The number of hydrogen-bond acceptors (Lipinski definition) is 0. The van der Waals surface area contributed by atoms with E-state index in [1.807, 2.05) is 0 Å². The molecule has 0 fully saturated rings. The molecule has 2 heteroatoms. The minimum Gasteiger partial charge on any atom is -0.0652 e. The van der Waals surface area contributed by atoms with Gasteiger partial charge in [-0.05, 0) is 30.7 Å². The first-order chi connectivity index (χ1) is 8.77. The molecular formula is C16H19BP+. The molecule has 0 aliphatic heterocycles. The summed E-state index contributed by atoms with van der Waals surface area (Å²) in [6.45, 7) is 2.22. The molecule has 2 radical (unpaired) electrons. The van der Waals surface area contributed by atoms with Crippen LogP contribution in [0.4, 0.5) is 0 Å². The highest BCUT2D eigenvalue weighted by atomic mass is 31.2. The summed E-state index contributed by atoms with van der Waals surface area (Å²) in [6, 6.07) is 21.2. The van der Waals surface area contributed by atoms with Gasteiger partial charge in [-0.3, -0.25) is 0 Å². The molecule has 0 spiro atoms. The molecule has 0 bridgehead atoms. The fourth-order valence-electron chi connectivity index (χ4n) is 2.20. The van der Waals surface area contributed by atoms with Crippen LogP contribution in [0.2, 0.25) is 0 Å². The van der Waals surface area contributed by atoms with Crippen molar-refractivity contribution in [3.8, 4) is 0 Å². The average molecular weight is 253 g/mol. The quantitative estimate of drug-likeness (QED) is 0.564. The molecule has 0 saturated carbocycles. The summed E-state index contributed by atoms with van der Waals surface area (Å²) in [5.41, 5.74) is 0. The van der Waals surface area contributed by atoms with E-state index < -0.39 is 7.14 Å². The van der Waals surface area contributed by atoms with Crippen molar-refractivity contribution in [3.63, 3.8) is 0 Å². The zero-order chi connectivity index (χ0) is 12.8. The first kappa shape index (κ1) is 13.4. The van der Waals surface area contributed by atoms with Gasteiger partial charge in [-0.1, -0.05) is 49.7 Å².